The van der Waals surface area contributed by atoms with E-state index in [9.17, 15) is 19.5 Å². The number of carbonyl (C=O) groups excluding carboxylic acids is 1. The number of nitrogens with one attached hydrogen (secondary N) is 1. The molecule has 1 aromatic carbocycles. The maximum Gasteiger partial charge on any atom is 0.311 e. The van der Waals surface area contributed by atoms with E-state index in [-0.39, 0.29) is 11.6 Å². The second-order valence-electron chi connectivity index (χ2n) is 10.5. The second-order valence-corrected chi connectivity index (χ2v) is 12.9. The van der Waals surface area contributed by atoms with Gasteiger partial charge in [-0.1, -0.05) is 25.0 Å². The van der Waals surface area contributed by atoms with Crippen LogP contribution >= 0.6 is 7.59 Å². The summed E-state index contributed by atoms with van der Waals surface area (Å²) in [5.74, 6) is -0.256. The largest absolute Gasteiger partial charge is 0.378 e. The molecule has 0 radical (unpaired) electrons. The van der Waals surface area contributed by atoms with Crippen LogP contribution in [0.4, 0.5) is 5.69 Å². The third-order valence-corrected chi connectivity index (χ3v) is 10.8. The molecule has 0 saturated carbocycles. The Labute approximate surface area is 224 Å². The molecule has 0 aromatic heterocycles. The fourth-order valence-electron chi connectivity index (χ4n) is 5.98. The number of piperidine rings is 2. The third-order valence-electron chi connectivity index (χ3n) is 7.94. The molecule has 11 heteroatoms. The third kappa shape index (κ3) is 5.88. The van der Waals surface area contributed by atoms with Crippen LogP contribution in [0, 0.1) is 10.1 Å². The lowest BCUT2D eigenvalue weighted by Gasteiger charge is -2.42. The maximum absolute atomic E-state index is 14.6. The van der Waals surface area contributed by atoms with E-state index in [0.717, 1.165) is 81.5 Å². The lowest BCUT2D eigenvalue weighted by molar-refractivity contribution is -0.384. The monoisotopic (exact) mass is 543 g/mol. The molecule has 1 amide bonds. The molecule has 3 saturated heterocycles. The number of rotatable bonds is 7. The molecule has 4 aliphatic rings. The van der Waals surface area contributed by atoms with Gasteiger partial charge >= 0.3 is 7.59 Å². The highest BCUT2D eigenvalue weighted by Gasteiger charge is 2.41. The zero-order valence-corrected chi connectivity index (χ0v) is 22.9. The van der Waals surface area contributed by atoms with E-state index >= 15 is 0 Å². The molecule has 3 aliphatic heterocycles. The van der Waals surface area contributed by atoms with Crippen molar-refractivity contribution in [2.75, 3.05) is 52.5 Å². The molecule has 0 bridgehead atoms. The average Bonchev–Trinajstić information content (AvgIpc) is 3.38. The zero-order valence-electron chi connectivity index (χ0n) is 22.0. The van der Waals surface area contributed by atoms with Crippen molar-refractivity contribution in [2.45, 2.75) is 51.4 Å². The summed E-state index contributed by atoms with van der Waals surface area (Å²) >= 11 is 0. The SMILES string of the molecule is O=C(NP(=O)(N1CCCCC1)N1CCCCC1)C1=C(N2CCOCC2)C(=Cc2cccc([N+](=O)[O-])c2)CC1. The molecule has 10 nitrogen and oxygen atoms in total. The first-order chi connectivity index (χ1) is 18.5. The molecule has 1 N–H and O–H groups in total. The predicted octanol–water partition coefficient (Wildman–Crippen LogP) is 4.55. The summed E-state index contributed by atoms with van der Waals surface area (Å²) in [4.78, 5) is 27.1. The summed E-state index contributed by atoms with van der Waals surface area (Å²) in [5, 5.41) is 14.4. The van der Waals surface area contributed by atoms with Crippen molar-refractivity contribution in [3.8, 4) is 0 Å². The fraction of sp³-hybridized carbons (Fsp3) is 0.593. The van der Waals surface area contributed by atoms with Crippen molar-refractivity contribution in [3.63, 3.8) is 0 Å². The molecule has 38 heavy (non-hydrogen) atoms. The summed E-state index contributed by atoms with van der Waals surface area (Å²) in [6.45, 7) is 5.42. The normalized spacial score (nSPS) is 23.2. The van der Waals surface area contributed by atoms with Gasteiger partial charge in [-0.25, -0.2) is 9.34 Å². The Balaban J connectivity index is 1.48. The van der Waals surface area contributed by atoms with Crippen LogP contribution in [-0.2, 0) is 14.1 Å². The Hall–Kier alpha value is -2.52. The standard InChI is InChI=1S/C27H38N5O5P/c33-27(28-38(36,30-12-3-1-4-13-30)31-14-5-2-6-15-31)25-11-10-23(26(25)29-16-18-37-19-17-29)20-22-8-7-9-24(21-22)32(34)35/h7-9,20-21H,1-6,10-19H2,(H,28,33,36). The number of nitro groups is 1. The van der Waals surface area contributed by atoms with E-state index in [0.29, 0.717) is 44.7 Å². The number of hydrogen-bond donors (Lipinski definition) is 1. The van der Waals surface area contributed by atoms with Gasteiger partial charge in [-0.3, -0.25) is 24.6 Å². The second kappa shape index (κ2) is 12.1. The Morgan fingerprint density at radius 3 is 2.18 bits per heavy atom. The van der Waals surface area contributed by atoms with E-state index in [1.807, 2.05) is 21.5 Å². The van der Waals surface area contributed by atoms with Gasteiger partial charge in [0.2, 0.25) is 0 Å². The van der Waals surface area contributed by atoms with Crippen molar-refractivity contribution < 1.29 is 19.0 Å². The smallest absolute Gasteiger partial charge is 0.311 e. The van der Waals surface area contributed by atoms with Gasteiger partial charge in [0.15, 0.2) is 0 Å². The molecular formula is C27H38N5O5P. The zero-order chi connectivity index (χ0) is 26.5. The van der Waals surface area contributed by atoms with Gasteiger partial charge in [0.1, 0.15) is 0 Å². The average molecular weight is 544 g/mol. The van der Waals surface area contributed by atoms with E-state index in [4.69, 9.17) is 4.74 Å². The highest BCUT2D eigenvalue weighted by Crippen LogP contribution is 2.52. The first kappa shape index (κ1) is 27.1. The van der Waals surface area contributed by atoms with Gasteiger partial charge in [0.05, 0.1) is 18.1 Å². The number of nitrogens with zero attached hydrogens (tertiary/aromatic N) is 4. The number of hydrogen-bond acceptors (Lipinski definition) is 6. The number of allylic oxidation sites excluding steroid dienone is 1. The van der Waals surface area contributed by atoms with E-state index in [2.05, 4.69) is 9.99 Å². The number of benzene rings is 1. The van der Waals surface area contributed by atoms with Crippen molar-refractivity contribution >= 4 is 25.3 Å². The Morgan fingerprint density at radius 1 is 0.947 bits per heavy atom. The van der Waals surface area contributed by atoms with Gasteiger partial charge in [-0.05, 0) is 55.7 Å². The summed E-state index contributed by atoms with van der Waals surface area (Å²) in [6, 6.07) is 6.56. The summed E-state index contributed by atoms with van der Waals surface area (Å²) in [7, 11) is -3.25. The highest BCUT2D eigenvalue weighted by atomic mass is 31.2. The highest BCUT2D eigenvalue weighted by molar-refractivity contribution is 7.57. The molecule has 0 spiro atoms. The van der Waals surface area contributed by atoms with Gasteiger partial charge in [-0.2, -0.15) is 0 Å². The van der Waals surface area contributed by atoms with E-state index in [1.165, 1.54) is 6.07 Å². The molecule has 5 rings (SSSR count). The number of carbonyl (C=O) groups is 1. The Kier molecular flexibility index (Phi) is 8.63. The van der Waals surface area contributed by atoms with Crippen LogP contribution in [-0.4, -0.2) is 77.6 Å². The van der Waals surface area contributed by atoms with Crippen molar-refractivity contribution in [1.29, 1.82) is 0 Å². The van der Waals surface area contributed by atoms with E-state index in [1.54, 1.807) is 12.1 Å². The van der Waals surface area contributed by atoms with Crippen LogP contribution in [0.25, 0.3) is 6.08 Å². The number of ether oxygens (including phenoxy) is 1. The maximum atomic E-state index is 14.6. The number of morpholine rings is 1. The van der Waals surface area contributed by atoms with Crippen LogP contribution < -0.4 is 5.09 Å². The van der Waals surface area contributed by atoms with Crippen LogP contribution in [0.2, 0.25) is 0 Å². The van der Waals surface area contributed by atoms with Crippen LogP contribution in [0.1, 0.15) is 56.9 Å². The van der Waals surface area contributed by atoms with Gasteiger partial charge in [-0.15, -0.1) is 0 Å². The van der Waals surface area contributed by atoms with Crippen LogP contribution in [0.5, 0.6) is 0 Å². The summed E-state index contributed by atoms with van der Waals surface area (Å²) in [5.41, 5.74) is 3.26. The van der Waals surface area contributed by atoms with Gasteiger partial charge in [0.25, 0.3) is 11.6 Å². The number of non-ortho nitro benzene ring substituents is 1. The first-order valence-electron chi connectivity index (χ1n) is 13.9. The molecule has 0 atom stereocenters. The minimum atomic E-state index is -3.25. The van der Waals surface area contributed by atoms with Gasteiger partial charge < -0.3 is 9.64 Å². The minimum absolute atomic E-state index is 0.0382. The van der Waals surface area contributed by atoms with Gasteiger partial charge in [0, 0.05) is 62.7 Å². The van der Waals surface area contributed by atoms with E-state index < -0.39 is 12.5 Å². The fourth-order valence-corrected chi connectivity index (χ4v) is 8.67. The van der Waals surface area contributed by atoms with Crippen molar-refractivity contribution in [3.05, 3.63) is 56.8 Å². The van der Waals surface area contributed by atoms with Crippen LogP contribution in [0.15, 0.2) is 41.1 Å². The molecule has 3 fully saturated rings. The molecule has 0 unspecified atom stereocenters. The molecule has 1 aliphatic carbocycles. The Morgan fingerprint density at radius 2 is 1.58 bits per heavy atom. The predicted molar refractivity (Wildman–Crippen MR) is 146 cm³/mol. The number of amides is 1. The molecule has 3 heterocycles. The van der Waals surface area contributed by atoms with Crippen LogP contribution in [0.3, 0.4) is 0 Å². The topological polar surface area (TPSA) is 108 Å². The summed E-state index contributed by atoms with van der Waals surface area (Å²) in [6.07, 6.45) is 9.36. The lowest BCUT2D eigenvalue weighted by Crippen LogP contribution is -2.45. The number of nitro benzene ring substituents is 1. The van der Waals surface area contributed by atoms with Crippen molar-refractivity contribution in [2.24, 2.45) is 0 Å². The quantitative estimate of drug-likeness (QED) is 0.303. The minimum Gasteiger partial charge on any atom is -0.378 e. The lowest BCUT2D eigenvalue weighted by atomic mass is 10.1. The Bertz CT molecular complexity index is 1130. The first-order valence-corrected chi connectivity index (χ1v) is 15.5. The molecule has 1 aromatic rings. The van der Waals surface area contributed by atoms with Crippen molar-refractivity contribution in [1.82, 2.24) is 19.3 Å². The molecular weight excluding hydrogens is 505 g/mol. The molecule has 206 valence electrons. The summed E-state index contributed by atoms with van der Waals surface area (Å²) < 4.78 is 24.3.